The van der Waals surface area contributed by atoms with Gasteiger partial charge in [0.2, 0.25) is 0 Å². The fraction of sp³-hybridized carbons (Fsp3) is 0.526. The second kappa shape index (κ2) is 5.88. The van der Waals surface area contributed by atoms with Crippen molar-refractivity contribution in [1.82, 2.24) is 9.88 Å². The van der Waals surface area contributed by atoms with Gasteiger partial charge in [0, 0.05) is 29.7 Å². The van der Waals surface area contributed by atoms with Crippen molar-refractivity contribution in [2.24, 2.45) is 5.92 Å². The number of nitrogens with zero attached hydrogens (tertiary/aromatic N) is 1. The fourth-order valence-corrected chi connectivity index (χ4v) is 3.81. The third-order valence-corrected chi connectivity index (χ3v) is 4.88. The van der Waals surface area contributed by atoms with Crippen LogP contribution in [-0.2, 0) is 6.54 Å². The maximum Gasteiger partial charge on any atom is 0.194 e. The number of hydrogen-bond donors (Lipinski definition) is 1. The first kappa shape index (κ1) is 15.3. The van der Waals surface area contributed by atoms with Gasteiger partial charge in [0.1, 0.15) is 0 Å². The van der Waals surface area contributed by atoms with Crippen LogP contribution in [0, 0.1) is 26.7 Å². The van der Waals surface area contributed by atoms with E-state index in [2.05, 4.69) is 35.9 Å². The van der Waals surface area contributed by atoms with Gasteiger partial charge in [0.05, 0.1) is 5.52 Å². The van der Waals surface area contributed by atoms with Gasteiger partial charge in [0.15, 0.2) is 5.43 Å². The Morgan fingerprint density at radius 1 is 1.27 bits per heavy atom. The van der Waals surface area contributed by atoms with E-state index in [1.165, 1.54) is 18.4 Å². The van der Waals surface area contributed by atoms with E-state index in [4.69, 9.17) is 0 Å². The second-order valence-corrected chi connectivity index (χ2v) is 7.04. The minimum absolute atomic E-state index is 0.210. The summed E-state index contributed by atoms with van der Waals surface area (Å²) in [6.07, 6.45) is 2.55. The fourth-order valence-electron chi connectivity index (χ4n) is 3.81. The van der Waals surface area contributed by atoms with Crippen molar-refractivity contribution in [2.75, 3.05) is 13.1 Å². The molecule has 1 aromatic heterocycles. The highest BCUT2D eigenvalue weighted by atomic mass is 16.1. The lowest BCUT2D eigenvalue weighted by Crippen LogP contribution is -2.35. The lowest BCUT2D eigenvalue weighted by atomic mass is 9.98. The minimum Gasteiger partial charge on any atom is -0.358 e. The molecule has 2 heterocycles. The van der Waals surface area contributed by atoms with Crippen LogP contribution < -0.4 is 5.43 Å². The molecule has 3 rings (SSSR count). The Bertz CT molecular complexity index is 760. The van der Waals surface area contributed by atoms with E-state index in [1.54, 1.807) is 0 Å². The molecule has 1 unspecified atom stereocenters. The summed E-state index contributed by atoms with van der Waals surface area (Å²) in [5.41, 5.74) is 5.40. The molecule has 0 saturated carbocycles. The molecule has 0 spiro atoms. The quantitative estimate of drug-likeness (QED) is 0.918. The van der Waals surface area contributed by atoms with Crippen molar-refractivity contribution in [3.63, 3.8) is 0 Å². The van der Waals surface area contributed by atoms with Gasteiger partial charge in [-0.25, -0.2) is 0 Å². The molecule has 0 aliphatic carbocycles. The van der Waals surface area contributed by atoms with Gasteiger partial charge in [-0.3, -0.25) is 9.69 Å². The van der Waals surface area contributed by atoms with Crippen LogP contribution in [0.4, 0.5) is 0 Å². The predicted molar refractivity (Wildman–Crippen MR) is 92.5 cm³/mol. The number of likely N-dealkylation sites (tertiary alicyclic amines) is 1. The van der Waals surface area contributed by atoms with E-state index in [0.717, 1.165) is 53.3 Å². The van der Waals surface area contributed by atoms with Gasteiger partial charge in [-0.05, 0) is 63.3 Å². The standard InChI is InChI=1S/C19H26N2O/c1-12-6-5-7-21(10-12)11-16-15(4)20-17-9-13(2)8-14(3)18(17)19(16)22/h8-9,12H,5-7,10-11H2,1-4H3,(H,20,22). The van der Waals surface area contributed by atoms with Gasteiger partial charge in [0.25, 0.3) is 0 Å². The smallest absolute Gasteiger partial charge is 0.194 e. The Morgan fingerprint density at radius 2 is 2.05 bits per heavy atom. The first-order valence-corrected chi connectivity index (χ1v) is 8.30. The van der Waals surface area contributed by atoms with Crippen LogP contribution in [0.3, 0.4) is 0 Å². The van der Waals surface area contributed by atoms with Gasteiger partial charge in [-0.2, -0.15) is 0 Å². The SMILES string of the molecule is Cc1cc(C)c2c(=O)c(CN3CCCC(C)C3)c(C)[nH]c2c1. The number of pyridine rings is 1. The van der Waals surface area contributed by atoms with Crippen molar-refractivity contribution in [2.45, 2.75) is 47.1 Å². The number of H-pyrrole nitrogens is 1. The van der Waals surface area contributed by atoms with Crippen LogP contribution in [0.1, 0.15) is 42.1 Å². The van der Waals surface area contributed by atoms with Crippen LogP contribution in [0.5, 0.6) is 0 Å². The van der Waals surface area contributed by atoms with Gasteiger partial charge in [-0.1, -0.05) is 13.0 Å². The zero-order valence-electron chi connectivity index (χ0n) is 14.1. The molecule has 0 amide bonds. The monoisotopic (exact) mass is 298 g/mol. The molecule has 1 saturated heterocycles. The number of aryl methyl sites for hydroxylation is 3. The molecule has 1 aromatic carbocycles. The van der Waals surface area contributed by atoms with Crippen molar-refractivity contribution in [3.05, 3.63) is 44.7 Å². The number of hydrogen-bond acceptors (Lipinski definition) is 2. The number of benzene rings is 1. The summed E-state index contributed by atoms with van der Waals surface area (Å²) >= 11 is 0. The van der Waals surface area contributed by atoms with Crippen LogP contribution in [0.2, 0.25) is 0 Å². The molecule has 2 aromatic rings. The first-order chi connectivity index (χ1) is 10.5. The zero-order valence-corrected chi connectivity index (χ0v) is 14.1. The largest absolute Gasteiger partial charge is 0.358 e. The number of rotatable bonds is 2. The summed E-state index contributed by atoms with van der Waals surface area (Å²) in [4.78, 5) is 18.9. The summed E-state index contributed by atoms with van der Waals surface area (Å²) in [5, 5.41) is 0.858. The average molecular weight is 298 g/mol. The molecule has 0 radical (unpaired) electrons. The van der Waals surface area contributed by atoms with Crippen LogP contribution >= 0.6 is 0 Å². The second-order valence-electron chi connectivity index (χ2n) is 7.04. The van der Waals surface area contributed by atoms with E-state index in [9.17, 15) is 4.79 Å². The van der Waals surface area contributed by atoms with Crippen molar-refractivity contribution in [3.8, 4) is 0 Å². The summed E-state index contributed by atoms with van der Waals surface area (Å²) < 4.78 is 0. The van der Waals surface area contributed by atoms with E-state index < -0.39 is 0 Å². The summed E-state index contributed by atoms with van der Waals surface area (Å²) in [6, 6.07) is 4.17. The average Bonchev–Trinajstić information content (AvgIpc) is 2.42. The highest BCUT2D eigenvalue weighted by molar-refractivity contribution is 5.83. The van der Waals surface area contributed by atoms with Crippen LogP contribution in [-0.4, -0.2) is 23.0 Å². The van der Waals surface area contributed by atoms with Crippen molar-refractivity contribution < 1.29 is 0 Å². The molecule has 3 heteroatoms. The summed E-state index contributed by atoms with van der Waals surface area (Å²) in [6.45, 7) is 11.4. The molecule has 1 atom stereocenters. The van der Waals surface area contributed by atoms with Gasteiger partial charge < -0.3 is 4.98 Å². The first-order valence-electron chi connectivity index (χ1n) is 8.30. The van der Waals surface area contributed by atoms with E-state index in [-0.39, 0.29) is 5.43 Å². The lowest BCUT2D eigenvalue weighted by Gasteiger charge is -2.31. The van der Waals surface area contributed by atoms with Crippen molar-refractivity contribution in [1.29, 1.82) is 0 Å². The Balaban J connectivity index is 2.04. The lowest BCUT2D eigenvalue weighted by molar-refractivity contribution is 0.176. The van der Waals surface area contributed by atoms with Crippen molar-refractivity contribution >= 4 is 10.9 Å². The number of fused-ring (bicyclic) bond motifs is 1. The number of nitrogens with one attached hydrogen (secondary N) is 1. The van der Waals surface area contributed by atoms with E-state index in [0.29, 0.717) is 0 Å². The molecular formula is C19H26N2O. The number of piperidine rings is 1. The highest BCUT2D eigenvalue weighted by Crippen LogP contribution is 2.21. The van der Waals surface area contributed by atoms with E-state index in [1.807, 2.05) is 13.8 Å². The third-order valence-electron chi connectivity index (χ3n) is 4.88. The van der Waals surface area contributed by atoms with Gasteiger partial charge in [-0.15, -0.1) is 0 Å². The Morgan fingerprint density at radius 3 is 2.77 bits per heavy atom. The molecule has 22 heavy (non-hydrogen) atoms. The Labute approximate surface area is 132 Å². The molecule has 0 bridgehead atoms. The summed E-state index contributed by atoms with van der Waals surface area (Å²) in [7, 11) is 0. The Kier molecular flexibility index (Phi) is 4.09. The zero-order chi connectivity index (χ0) is 15.9. The molecule has 1 aliphatic rings. The summed E-state index contributed by atoms with van der Waals surface area (Å²) in [5.74, 6) is 0.734. The Hall–Kier alpha value is -1.61. The van der Waals surface area contributed by atoms with Crippen LogP contribution in [0.25, 0.3) is 10.9 Å². The topological polar surface area (TPSA) is 36.1 Å². The third kappa shape index (κ3) is 2.82. The van der Waals surface area contributed by atoms with Crippen LogP contribution in [0.15, 0.2) is 16.9 Å². The molecule has 1 N–H and O–H groups in total. The molecular weight excluding hydrogens is 272 g/mol. The molecule has 1 aliphatic heterocycles. The highest BCUT2D eigenvalue weighted by Gasteiger charge is 2.19. The maximum absolute atomic E-state index is 13.0. The normalized spacial score (nSPS) is 19.7. The van der Waals surface area contributed by atoms with E-state index >= 15 is 0 Å². The molecule has 3 nitrogen and oxygen atoms in total. The van der Waals surface area contributed by atoms with Gasteiger partial charge >= 0.3 is 0 Å². The minimum atomic E-state index is 0.210. The maximum atomic E-state index is 13.0. The molecule has 1 fully saturated rings. The predicted octanol–water partition coefficient (Wildman–Crippen LogP) is 3.69. The number of aromatic nitrogens is 1. The number of aromatic amines is 1. The molecule has 118 valence electrons.